The van der Waals surface area contributed by atoms with E-state index in [1.54, 1.807) is 0 Å². The molecule has 5 heterocycles. The number of hydrogen-bond donors (Lipinski definition) is 1. The van der Waals surface area contributed by atoms with Crippen molar-refractivity contribution in [2.75, 3.05) is 61.0 Å². The number of fused-ring (bicyclic) bond motifs is 2. The quantitative estimate of drug-likeness (QED) is 0.474. The molecule has 1 amide bonds. The highest BCUT2D eigenvalue weighted by molar-refractivity contribution is 14.1. The standard InChI is InChI=1S/C28H37IN6O5S/c1-17-23-25(30-16-31-26(23)33-7-9-41(37,38)10-8-33)32-22-12-18(11-21(29)24(22)39-17)19-13-35(14-19)20-5-6-34(15-20)27(36)40-28(2,3)4/h11-12,16-17,19-20H,5-10,13-15H2,1-4H3,(H,30,31,32)/t17?,20-/m0/s1. The van der Waals surface area contributed by atoms with Gasteiger partial charge >= 0.3 is 6.09 Å². The number of ether oxygens (including phenoxy) is 2. The van der Waals surface area contributed by atoms with Gasteiger partial charge in [-0.25, -0.2) is 23.2 Å². The van der Waals surface area contributed by atoms with E-state index in [1.165, 1.54) is 11.9 Å². The van der Waals surface area contributed by atoms with E-state index < -0.39 is 15.4 Å². The predicted molar refractivity (Wildman–Crippen MR) is 165 cm³/mol. The molecule has 222 valence electrons. The van der Waals surface area contributed by atoms with Crippen molar-refractivity contribution in [1.29, 1.82) is 0 Å². The Kier molecular flexibility index (Phi) is 7.50. The Labute approximate surface area is 255 Å². The van der Waals surface area contributed by atoms with E-state index in [4.69, 9.17) is 9.47 Å². The van der Waals surface area contributed by atoms with Gasteiger partial charge in [0.2, 0.25) is 0 Å². The zero-order valence-electron chi connectivity index (χ0n) is 23.9. The molecule has 3 fully saturated rings. The van der Waals surface area contributed by atoms with Crippen LogP contribution in [0.5, 0.6) is 5.75 Å². The van der Waals surface area contributed by atoms with Crippen molar-refractivity contribution >= 4 is 55.8 Å². The number of hydrogen-bond acceptors (Lipinski definition) is 10. The summed E-state index contributed by atoms with van der Waals surface area (Å²) in [4.78, 5) is 27.9. The molecule has 0 bridgehead atoms. The fourth-order valence-corrected chi connectivity index (χ4v) is 7.99. The maximum absolute atomic E-state index is 12.5. The van der Waals surface area contributed by atoms with Crippen molar-refractivity contribution < 1.29 is 22.7 Å². The summed E-state index contributed by atoms with van der Waals surface area (Å²) < 4.78 is 37.1. The average molecular weight is 697 g/mol. The molecule has 4 aliphatic heterocycles. The topological polar surface area (TPSA) is 117 Å². The van der Waals surface area contributed by atoms with Gasteiger partial charge in [0.25, 0.3) is 0 Å². The molecular formula is C28H37IN6O5S. The van der Waals surface area contributed by atoms with Gasteiger partial charge in [-0.15, -0.1) is 0 Å². The first kappa shape index (κ1) is 28.7. The minimum Gasteiger partial charge on any atom is -0.482 e. The van der Waals surface area contributed by atoms with Crippen molar-refractivity contribution in [3.8, 4) is 5.75 Å². The third kappa shape index (κ3) is 5.94. The first-order chi connectivity index (χ1) is 19.4. The number of nitrogens with one attached hydrogen (secondary N) is 1. The summed E-state index contributed by atoms with van der Waals surface area (Å²) in [6, 6.07) is 4.72. The van der Waals surface area contributed by atoms with E-state index in [2.05, 4.69) is 54.9 Å². The molecule has 0 radical (unpaired) electrons. The molecule has 4 aliphatic rings. The van der Waals surface area contributed by atoms with Gasteiger partial charge in [0, 0.05) is 51.2 Å². The number of sulfone groups is 1. The third-order valence-corrected chi connectivity index (χ3v) is 10.7. The average Bonchev–Trinajstić information content (AvgIpc) is 3.28. The lowest BCUT2D eigenvalue weighted by atomic mass is 9.89. The van der Waals surface area contributed by atoms with Crippen LogP contribution in [0.2, 0.25) is 0 Å². The maximum atomic E-state index is 12.5. The van der Waals surface area contributed by atoms with Crippen molar-refractivity contribution in [3.63, 3.8) is 0 Å². The fraction of sp³-hybridized carbons (Fsp3) is 0.607. The number of anilines is 3. The molecule has 2 aromatic rings. The van der Waals surface area contributed by atoms with Crippen LogP contribution in [0.1, 0.15) is 57.3 Å². The molecule has 2 atom stereocenters. The maximum Gasteiger partial charge on any atom is 0.410 e. The second kappa shape index (κ2) is 10.7. The molecule has 6 rings (SSSR count). The Bertz CT molecular complexity index is 1440. The van der Waals surface area contributed by atoms with Crippen LogP contribution < -0.4 is 15.0 Å². The minimum atomic E-state index is -3.01. The van der Waals surface area contributed by atoms with E-state index in [-0.39, 0.29) is 23.7 Å². The first-order valence-electron chi connectivity index (χ1n) is 14.2. The summed E-state index contributed by atoms with van der Waals surface area (Å²) in [5, 5.41) is 3.52. The highest BCUT2D eigenvalue weighted by Crippen LogP contribution is 2.45. The van der Waals surface area contributed by atoms with Gasteiger partial charge in [-0.2, -0.15) is 0 Å². The summed E-state index contributed by atoms with van der Waals surface area (Å²) >= 11 is 2.34. The molecular weight excluding hydrogens is 659 g/mol. The minimum absolute atomic E-state index is 0.119. The van der Waals surface area contributed by atoms with E-state index in [9.17, 15) is 13.2 Å². The van der Waals surface area contributed by atoms with Crippen LogP contribution >= 0.6 is 22.6 Å². The van der Waals surface area contributed by atoms with Crippen LogP contribution in [-0.4, -0.2) is 96.7 Å². The number of likely N-dealkylation sites (tertiary alicyclic amines) is 2. The zero-order chi connectivity index (χ0) is 29.1. The monoisotopic (exact) mass is 696 g/mol. The number of benzene rings is 1. The molecule has 1 aromatic carbocycles. The summed E-state index contributed by atoms with van der Waals surface area (Å²) in [6.45, 7) is 11.8. The number of halogens is 1. The number of amides is 1. The van der Waals surface area contributed by atoms with E-state index in [1.807, 2.05) is 37.5 Å². The van der Waals surface area contributed by atoms with Crippen LogP contribution in [0.25, 0.3) is 0 Å². The van der Waals surface area contributed by atoms with Crippen LogP contribution in [0.3, 0.4) is 0 Å². The number of aromatic nitrogens is 2. The third-order valence-electron chi connectivity index (χ3n) is 8.24. The van der Waals surface area contributed by atoms with Gasteiger partial charge in [-0.05, 0) is 74.4 Å². The van der Waals surface area contributed by atoms with Crippen molar-refractivity contribution in [1.82, 2.24) is 19.8 Å². The summed E-state index contributed by atoms with van der Waals surface area (Å²) in [6.07, 6.45) is 1.95. The lowest BCUT2D eigenvalue weighted by Gasteiger charge is -2.43. The molecule has 1 aromatic heterocycles. The smallest absolute Gasteiger partial charge is 0.410 e. The number of nitrogens with zero attached hydrogens (tertiary/aromatic N) is 5. The van der Waals surface area contributed by atoms with E-state index >= 15 is 0 Å². The number of carbonyl (C=O) groups is 1. The SMILES string of the molecule is CC1Oc2c(I)cc(C3CN([C@H]4CCN(C(=O)OC(C)(C)C)C4)C3)cc2Nc2ncnc(N3CCS(=O)(=O)CC3)c21. The largest absolute Gasteiger partial charge is 0.482 e. The van der Waals surface area contributed by atoms with Crippen LogP contribution in [0.15, 0.2) is 18.5 Å². The molecule has 0 spiro atoms. The van der Waals surface area contributed by atoms with Crippen LogP contribution in [0, 0.1) is 3.57 Å². The van der Waals surface area contributed by atoms with Gasteiger partial charge in [-0.3, -0.25) is 4.90 Å². The molecule has 13 heteroatoms. The van der Waals surface area contributed by atoms with Gasteiger partial charge in [0.05, 0.1) is 26.3 Å². The highest BCUT2D eigenvalue weighted by atomic mass is 127. The van der Waals surface area contributed by atoms with Gasteiger partial charge < -0.3 is 24.6 Å². The lowest BCUT2D eigenvalue weighted by Crippen LogP contribution is -2.52. The van der Waals surface area contributed by atoms with Gasteiger partial charge in [-0.1, -0.05) is 0 Å². The van der Waals surface area contributed by atoms with Gasteiger partial charge in [0.1, 0.15) is 29.7 Å². The second-order valence-electron chi connectivity index (χ2n) is 12.4. The molecule has 11 nitrogen and oxygen atoms in total. The van der Waals surface area contributed by atoms with E-state index in [0.717, 1.165) is 52.4 Å². The molecule has 1 unspecified atom stereocenters. The van der Waals surface area contributed by atoms with Crippen molar-refractivity contribution in [3.05, 3.63) is 33.2 Å². The molecule has 0 saturated carbocycles. The van der Waals surface area contributed by atoms with Crippen LogP contribution in [0.4, 0.5) is 22.1 Å². The zero-order valence-corrected chi connectivity index (χ0v) is 26.9. The van der Waals surface area contributed by atoms with Crippen molar-refractivity contribution in [2.45, 2.75) is 57.8 Å². The highest BCUT2D eigenvalue weighted by Gasteiger charge is 2.39. The van der Waals surface area contributed by atoms with E-state index in [0.29, 0.717) is 37.4 Å². The Hall–Kier alpha value is -2.39. The number of rotatable bonds is 3. The summed E-state index contributed by atoms with van der Waals surface area (Å²) in [5.74, 6) is 2.82. The Balaban J connectivity index is 1.16. The summed E-state index contributed by atoms with van der Waals surface area (Å²) in [7, 11) is -3.01. The fourth-order valence-electron chi connectivity index (χ4n) is 6.02. The lowest BCUT2D eigenvalue weighted by molar-refractivity contribution is 0.0260. The molecule has 3 saturated heterocycles. The molecule has 41 heavy (non-hydrogen) atoms. The second-order valence-corrected chi connectivity index (χ2v) is 15.8. The Morgan fingerprint density at radius 1 is 1.12 bits per heavy atom. The molecule has 1 N–H and O–H groups in total. The van der Waals surface area contributed by atoms with Gasteiger partial charge in [0.15, 0.2) is 15.6 Å². The Morgan fingerprint density at radius 3 is 2.56 bits per heavy atom. The summed E-state index contributed by atoms with van der Waals surface area (Å²) in [5.41, 5.74) is 2.47. The molecule has 0 aliphatic carbocycles. The number of carbonyl (C=O) groups excluding carboxylic acids is 1. The Morgan fingerprint density at radius 2 is 1.85 bits per heavy atom. The first-order valence-corrected chi connectivity index (χ1v) is 17.1. The van der Waals surface area contributed by atoms with Crippen LogP contribution in [-0.2, 0) is 14.6 Å². The normalized spacial score (nSPS) is 24.4. The van der Waals surface area contributed by atoms with Crippen molar-refractivity contribution in [2.24, 2.45) is 0 Å². The predicted octanol–water partition coefficient (Wildman–Crippen LogP) is 3.92.